The summed E-state index contributed by atoms with van der Waals surface area (Å²) in [5.41, 5.74) is 7.86. The first-order valence-corrected chi connectivity index (χ1v) is 9.30. The molecule has 1 atom stereocenters. The van der Waals surface area contributed by atoms with E-state index in [1.165, 1.54) is 22.3 Å². The number of carbonyl (C=O) groups excluding carboxylic acids is 1. The maximum absolute atomic E-state index is 13.4. The van der Waals surface area contributed by atoms with Crippen molar-refractivity contribution in [3.8, 4) is 0 Å². The van der Waals surface area contributed by atoms with E-state index in [0.29, 0.717) is 0 Å². The third kappa shape index (κ3) is 3.31. The van der Waals surface area contributed by atoms with Gasteiger partial charge in [-0.2, -0.15) is 0 Å². The second-order valence-electron chi connectivity index (χ2n) is 8.43. The predicted molar refractivity (Wildman–Crippen MR) is 110 cm³/mol. The average molecular weight is 344 g/mol. The van der Waals surface area contributed by atoms with Crippen molar-refractivity contribution in [1.29, 1.82) is 0 Å². The van der Waals surface area contributed by atoms with E-state index in [4.69, 9.17) is 0 Å². The molecule has 1 heteroatoms. The molecule has 26 heavy (non-hydrogen) atoms. The molecule has 1 unspecified atom stereocenters. The number of hydrogen-bond acceptors (Lipinski definition) is 1. The smallest absolute Gasteiger partial charge is 0.193 e. The van der Waals surface area contributed by atoms with Crippen LogP contribution in [0.3, 0.4) is 0 Å². The number of rotatable bonds is 3. The molecule has 0 heterocycles. The SMILES string of the molecule is CC1=CC(C)=C(C)C1c1ccc(C(C)(C)C)cc1C(=O)c1ccccc1. The van der Waals surface area contributed by atoms with Crippen LogP contribution < -0.4 is 0 Å². The fourth-order valence-corrected chi connectivity index (χ4v) is 3.80. The summed E-state index contributed by atoms with van der Waals surface area (Å²) in [5, 5.41) is 0. The van der Waals surface area contributed by atoms with Crippen LogP contribution in [0.1, 0.15) is 74.5 Å². The first-order valence-electron chi connectivity index (χ1n) is 9.30. The van der Waals surface area contributed by atoms with Crippen molar-refractivity contribution in [2.45, 2.75) is 52.9 Å². The van der Waals surface area contributed by atoms with Crippen molar-refractivity contribution < 1.29 is 4.79 Å². The van der Waals surface area contributed by atoms with E-state index >= 15 is 0 Å². The van der Waals surface area contributed by atoms with Gasteiger partial charge in [0.15, 0.2) is 5.78 Å². The summed E-state index contributed by atoms with van der Waals surface area (Å²) in [4.78, 5) is 13.4. The fraction of sp³-hybridized carbons (Fsp3) is 0.320. The third-order valence-corrected chi connectivity index (χ3v) is 5.47. The molecule has 0 saturated heterocycles. The zero-order valence-corrected chi connectivity index (χ0v) is 16.7. The van der Waals surface area contributed by atoms with Gasteiger partial charge in [0.25, 0.3) is 0 Å². The second-order valence-corrected chi connectivity index (χ2v) is 8.43. The molecule has 0 aliphatic heterocycles. The molecule has 0 amide bonds. The standard InChI is InChI=1S/C25H28O/c1-16-14-17(2)23(18(16)3)21-13-12-20(25(4,5)6)15-22(21)24(26)19-10-8-7-9-11-19/h7-15,23H,1-6H3. The minimum Gasteiger partial charge on any atom is -0.289 e. The Morgan fingerprint density at radius 2 is 1.58 bits per heavy atom. The molecule has 2 aromatic carbocycles. The second kappa shape index (κ2) is 6.72. The zero-order valence-electron chi connectivity index (χ0n) is 16.7. The highest BCUT2D eigenvalue weighted by Crippen LogP contribution is 2.41. The summed E-state index contributed by atoms with van der Waals surface area (Å²) in [6, 6.07) is 16.1. The van der Waals surface area contributed by atoms with Crippen LogP contribution in [-0.2, 0) is 5.41 Å². The molecule has 1 aliphatic carbocycles. The van der Waals surface area contributed by atoms with Crippen molar-refractivity contribution in [3.63, 3.8) is 0 Å². The molecule has 0 aromatic heterocycles. The molecular weight excluding hydrogens is 316 g/mol. The monoisotopic (exact) mass is 344 g/mol. The highest BCUT2D eigenvalue weighted by atomic mass is 16.1. The van der Waals surface area contributed by atoms with Gasteiger partial charge in [0.05, 0.1) is 0 Å². The first kappa shape index (κ1) is 18.4. The zero-order chi connectivity index (χ0) is 19.1. The fourth-order valence-electron chi connectivity index (χ4n) is 3.80. The Bertz CT molecular complexity index is 905. The van der Waals surface area contributed by atoms with Crippen LogP contribution in [0.5, 0.6) is 0 Å². The van der Waals surface area contributed by atoms with Gasteiger partial charge >= 0.3 is 0 Å². The van der Waals surface area contributed by atoms with Gasteiger partial charge in [-0.05, 0) is 43.4 Å². The molecule has 2 aromatic rings. The summed E-state index contributed by atoms with van der Waals surface area (Å²) in [6.07, 6.45) is 2.24. The minimum absolute atomic E-state index is 0.00556. The maximum atomic E-state index is 13.4. The number of carbonyl (C=O) groups is 1. The summed E-state index contributed by atoms with van der Waals surface area (Å²) in [6.45, 7) is 13.1. The van der Waals surface area contributed by atoms with Crippen molar-refractivity contribution in [2.24, 2.45) is 0 Å². The largest absolute Gasteiger partial charge is 0.289 e. The van der Waals surface area contributed by atoms with Gasteiger partial charge < -0.3 is 0 Å². The lowest BCUT2D eigenvalue weighted by Gasteiger charge is -2.24. The Kier molecular flexibility index (Phi) is 4.75. The van der Waals surface area contributed by atoms with E-state index in [2.05, 4.69) is 65.8 Å². The summed E-state index contributed by atoms with van der Waals surface area (Å²) >= 11 is 0. The van der Waals surface area contributed by atoms with E-state index < -0.39 is 0 Å². The van der Waals surface area contributed by atoms with E-state index in [-0.39, 0.29) is 17.1 Å². The maximum Gasteiger partial charge on any atom is 0.193 e. The number of benzene rings is 2. The van der Waals surface area contributed by atoms with Gasteiger partial charge in [-0.1, -0.05) is 86.0 Å². The van der Waals surface area contributed by atoms with Crippen LogP contribution in [0.25, 0.3) is 0 Å². The molecule has 0 N–H and O–H groups in total. The Morgan fingerprint density at radius 3 is 2.12 bits per heavy atom. The molecule has 1 aliphatic rings. The minimum atomic E-state index is 0.00556. The van der Waals surface area contributed by atoms with Gasteiger partial charge in [-0.15, -0.1) is 0 Å². The molecular formula is C25H28O. The van der Waals surface area contributed by atoms with Crippen molar-refractivity contribution >= 4 is 5.78 Å². The van der Waals surface area contributed by atoms with Crippen LogP contribution in [-0.4, -0.2) is 5.78 Å². The van der Waals surface area contributed by atoms with Crippen LogP contribution in [0.2, 0.25) is 0 Å². The molecule has 3 rings (SSSR count). The Hall–Kier alpha value is -2.41. The molecule has 0 spiro atoms. The molecule has 0 radical (unpaired) electrons. The quantitative estimate of drug-likeness (QED) is 0.574. The van der Waals surface area contributed by atoms with E-state index in [9.17, 15) is 4.79 Å². The highest BCUT2D eigenvalue weighted by Gasteiger charge is 2.28. The van der Waals surface area contributed by atoms with Crippen LogP contribution in [0, 0.1) is 0 Å². The Balaban J connectivity index is 2.19. The Morgan fingerprint density at radius 1 is 0.923 bits per heavy atom. The number of hydrogen-bond donors (Lipinski definition) is 0. The van der Waals surface area contributed by atoms with Gasteiger partial charge in [-0.3, -0.25) is 4.79 Å². The summed E-state index contributed by atoms with van der Waals surface area (Å²) in [5.74, 6) is 0.309. The first-order chi connectivity index (χ1) is 12.2. The van der Waals surface area contributed by atoms with Crippen molar-refractivity contribution in [2.75, 3.05) is 0 Å². The molecule has 134 valence electrons. The van der Waals surface area contributed by atoms with Crippen molar-refractivity contribution in [1.82, 2.24) is 0 Å². The van der Waals surface area contributed by atoms with Crippen LogP contribution >= 0.6 is 0 Å². The highest BCUT2D eigenvalue weighted by molar-refractivity contribution is 6.10. The van der Waals surface area contributed by atoms with Crippen LogP contribution in [0.4, 0.5) is 0 Å². The molecule has 0 saturated carbocycles. The molecule has 0 bridgehead atoms. The average Bonchev–Trinajstić information content (AvgIpc) is 2.86. The van der Waals surface area contributed by atoms with Gasteiger partial charge in [-0.25, -0.2) is 0 Å². The van der Waals surface area contributed by atoms with Gasteiger partial charge in [0.1, 0.15) is 0 Å². The normalized spacial score (nSPS) is 17.5. The lowest BCUT2D eigenvalue weighted by atomic mass is 9.79. The summed E-state index contributed by atoms with van der Waals surface area (Å²) in [7, 11) is 0. The predicted octanol–water partition coefficient (Wildman–Crippen LogP) is 6.60. The Labute approximate surface area is 157 Å². The summed E-state index contributed by atoms with van der Waals surface area (Å²) < 4.78 is 0. The molecule has 1 nitrogen and oxygen atoms in total. The number of allylic oxidation sites excluding steroid dienone is 4. The van der Waals surface area contributed by atoms with E-state index in [0.717, 1.165) is 16.7 Å². The molecule has 0 fully saturated rings. The third-order valence-electron chi connectivity index (χ3n) is 5.47. The van der Waals surface area contributed by atoms with Gasteiger partial charge in [0.2, 0.25) is 0 Å². The van der Waals surface area contributed by atoms with E-state index in [1.54, 1.807) is 0 Å². The van der Waals surface area contributed by atoms with Gasteiger partial charge in [0, 0.05) is 17.0 Å². The lowest BCUT2D eigenvalue weighted by Crippen LogP contribution is -2.16. The lowest BCUT2D eigenvalue weighted by molar-refractivity contribution is 0.103. The van der Waals surface area contributed by atoms with E-state index in [1.807, 2.05) is 30.3 Å². The number of ketones is 1. The topological polar surface area (TPSA) is 17.1 Å². The van der Waals surface area contributed by atoms with Crippen molar-refractivity contribution in [3.05, 3.63) is 93.6 Å². The van der Waals surface area contributed by atoms with Crippen LogP contribution in [0.15, 0.2) is 71.3 Å².